The molecule has 0 spiro atoms. The van der Waals surface area contributed by atoms with Crippen molar-refractivity contribution in [3.63, 3.8) is 0 Å². The van der Waals surface area contributed by atoms with Gasteiger partial charge in [-0.1, -0.05) is 24.2 Å². The van der Waals surface area contributed by atoms with Crippen LogP contribution in [0.3, 0.4) is 0 Å². The molecule has 0 unspecified atom stereocenters. The van der Waals surface area contributed by atoms with E-state index in [2.05, 4.69) is 16.4 Å². The van der Waals surface area contributed by atoms with Gasteiger partial charge in [0.2, 0.25) is 0 Å². The zero-order valence-electron chi connectivity index (χ0n) is 16.7. The third-order valence-corrected chi connectivity index (χ3v) is 7.57. The number of hydrogen-bond donors (Lipinski definition) is 2. The number of anilines is 2. The Morgan fingerprint density at radius 3 is 2.77 bits per heavy atom. The molecule has 4 aromatic rings. The molecular formula is C22H22N4O2S2. The number of rotatable bonds is 3. The number of benzene rings is 1. The summed E-state index contributed by atoms with van der Waals surface area (Å²) >= 11 is 2.77. The lowest BCUT2D eigenvalue weighted by Crippen LogP contribution is -2.11. The van der Waals surface area contributed by atoms with Crippen molar-refractivity contribution < 1.29 is 9.53 Å². The van der Waals surface area contributed by atoms with Crippen LogP contribution in [-0.2, 0) is 12.8 Å². The van der Waals surface area contributed by atoms with Gasteiger partial charge in [-0.25, -0.2) is 9.97 Å². The maximum Gasteiger partial charge on any atom is 0.269 e. The highest BCUT2D eigenvalue weighted by Crippen LogP contribution is 2.36. The van der Waals surface area contributed by atoms with Crippen molar-refractivity contribution in [3.05, 3.63) is 40.4 Å². The molecule has 154 valence electrons. The third kappa shape index (κ3) is 3.50. The molecule has 8 heteroatoms. The average molecular weight is 439 g/mol. The predicted octanol–water partition coefficient (Wildman–Crippen LogP) is 5.41. The predicted molar refractivity (Wildman–Crippen MR) is 124 cm³/mol. The number of nitrogen functional groups attached to an aromatic ring is 1. The van der Waals surface area contributed by atoms with Crippen molar-refractivity contribution in [3.8, 4) is 5.75 Å². The van der Waals surface area contributed by atoms with Crippen molar-refractivity contribution in [1.82, 2.24) is 9.97 Å². The summed E-state index contributed by atoms with van der Waals surface area (Å²) in [6.07, 6.45) is 6.90. The van der Waals surface area contributed by atoms with Gasteiger partial charge in [0.05, 0.1) is 23.0 Å². The Balaban J connectivity index is 1.46. The van der Waals surface area contributed by atoms with E-state index in [1.165, 1.54) is 53.9 Å². The number of nitrogens with zero attached hydrogens (tertiary/aromatic N) is 2. The molecule has 0 fully saturated rings. The van der Waals surface area contributed by atoms with E-state index in [0.717, 1.165) is 44.7 Å². The molecule has 0 radical (unpaired) electrons. The Bertz CT molecular complexity index is 1260. The molecular weight excluding hydrogens is 416 g/mol. The van der Waals surface area contributed by atoms with Gasteiger partial charge in [-0.2, -0.15) is 0 Å². The second-order valence-corrected chi connectivity index (χ2v) is 9.54. The van der Waals surface area contributed by atoms with Crippen LogP contribution in [0, 0.1) is 0 Å². The van der Waals surface area contributed by atoms with Crippen LogP contribution in [0.1, 0.15) is 46.6 Å². The number of thiophene rings is 1. The van der Waals surface area contributed by atoms with Crippen molar-refractivity contribution in [2.24, 2.45) is 0 Å². The number of methoxy groups -OCH3 is 1. The van der Waals surface area contributed by atoms with Gasteiger partial charge < -0.3 is 10.5 Å². The fourth-order valence-electron chi connectivity index (χ4n) is 3.92. The Morgan fingerprint density at radius 1 is 1.10 bits per heavy atom. The number of hydrogen-bond acceptors (Lipinski definition) is 7. The second kappa shape index (κ2) is 7.85. The number of carbonyl (C=O) groups excluding carboxylic acids is 1. The van der Waals surface area contributed by atoms with Crippen LogP contribution >= 0.6 is 22.7 Å². The van der Waals surface area contributed by atoms with E-state index in [-0.39, 0.29) is 5.91 Å². The highest BCUT2D eigenvalue weighted by Gasteiger charge is 2.21. The quantitative estimate of drug-likeness (QED) is 0.446. The SMILES string of the molecule is COc1ccc2nc(NC(=O)c3sc4nc5c(cc4c3N)CCCCCC5)sc2c1. The molecule has 0 bridgehead atoms. The second-order valence-electron chi connectivity index (χ2n) is 7.51. The third-order valence-electron chi connectivity index (χ3n) is 5.52. The number of amides is 1. The van der Waals surface area contributed by atoms with Crippen molar-refractivity contribution in [2.75, 3.05) is 18.2 Å². The van der Waals surface area contributed by atoms with E-state index in [1.54, 1.807) is 7.11 Å². The number of fused-ring (bicyclic) bond motifs is 3. The number of ether oxygens (including phenoxy) is 1. The van der Waals surface area contributed by atoms with Crippen LogP contribution < -0.4 is 15.8 Å². The molecule has 1 aromatic carbocycles. The van der Waals surface area contributed by atoms with Gasteiger partial charge in [0.15, 0.2) is 5.13 Å². The molecule has 0 aliphatic heterocycles. The van der Waals surface area contributed by atoms with E-state index in [0.29, 0.717) is 15.7 Å². The lowest BCUT2D eigenvalue weighted by atomic mass is 9.96. The van der Waals surface area contributed by atoms with E-state index in [1.807, 2.05) is 18.2 Å². The highest BCUT2D eigenvalue weighted by atomic mass is 32.1. The molecule has 1 amide bonds. The van der Waals surface area contributed by atoms with Crippen LogP contribution in [0.2, 0.25) is 0 Å². The van der Waals surface area contributed by atoms with Gasteiger partial charge >= 0.3 is 0 Å². The van der Waals surface area contributed by atoms with Gasteiger partial charge in [0, 0.05) is 11.1 Å². The van der Waals surface area contributed by atoms with Gasteiger partial charge in [-0.05, 0) is 55.5 Å². The summed E-state index contributed by atoms with van der Waals surface area (Å²) < 4.78 is 6.21. The average Bonchev–Trinajstić information content (AvgIpc) is 3.27. The zero-order valence-corrected chi connectivity index (χ0v) is 18.3. The van der Waals surface area contributed by atoms with Gasteiger partial charge in [0.25, 0.3) is 5.91 Å². The fraction of sp³-hybridized carbons (Fsp3) is 0.318. The summed E-state index contributed by atoms with van der Waals surface area (Å²) in [5.41, 5.74) is 10.2. The fourth-order valence-corrected chi connectivity index (χ4v) is 5.80. The van der Waals surface area contributed by atoms with Crippen LogP contribution in [0.5, 0.6) is 5.75 Å². The first-order valence-electron chi connectivity index (χ1n) is 10.1. The van der Waals surface area contributed by atoms with Gasteiger partial charge in [-0.15, -0.1) is 11.3 Å². The van der Waals surface area contributed by atoms with Crippen molar-refractivity contribution >= 4 is 59.8 Å². The van der Waals surface area contributed by atoms with E-state index in [4.69, 9.17) is 15.5 Å². The molecule has 3 N–H and O–H groups in total. The topological polar surface area (TPSA) is 90.1 Å². The highest BCUT2D eigenvalue weighted by molar-refractivity contribution is 7.23. The molecule has 5 rings (SSSR count). The molecule has 1 aliphatic carbocycles. The zero-order chi connectivity index (χ0) is 20.7. The number of carbonyl (C=O) groups is 1. The van der Waals surface area contributed by atoms with E-state index in [9.17, 15) is 4.79 Å². The minimum absolute atomic E-state index is 0.242. The van der Waals surface area contributed by atoms with E-state index < -0.39 is 0 Å². The van der Waals surface area contributed by atoms with Crippen LogP contribution in [-0.4, -0.2) is 23.0 Å². The number of pyridine rings is 1. The molecule has 6 nitrogen and oxygen atoms in total. The molecule has 0 saturated carbocycles. The maximum absolute atomic E-state index is 13.0. The van der Waals surface area contributed by atoms with Crippen LogP contribution in [0.4, 0.5) is 10.8 Å². The van der Waals surface area contributed by atoms with Crippen LogP contribution in [0.15, 0.2) is 24.3 Å². The van der Waals surface area contributed by atoms with Gasteiger partial charge in [-0.3, -0.25) is 10.1 Å². The summed E-state index contributed by atoms with van der Waals surface area (Å²) in [7, 11) is 1.63. The summed E-state index contributed by atoms with van der Waals surface area (Å²) in [6.45, 7) is 0. The summed E-state index contributed by atoms with van der Waals surface area (Å²) in [5.74, 6) is 0.522. The number of aryl methyl sites for hydroxylation is 2. The monoisotopic (exact) mass is 438 g/mol. The summed E-state index contributed by atoms with van der Waals surface area (Å²) in [4.78, 5) is 23.7. The Hall–Kier alpha value is -2.71. The summed E-state index contributed by atoms with van der Waals surface area (Å²) in [5, 5.41) is 4.34. The standard InChI is InChI=1S/C22H22N4O2S2/c1-28-13-8-9-16-17(11-13)29-22(25-16)26-20(27)19-18(23)14-10-12-6-4-2-3-5-7-15(12)24-21(14)30-19/h8-11H,2-7,23H2,1H3,(H,25,26,27). The Kier molecular flexibility index (Phi) is 5.04. The number of aromatic nitrogens is 2. The minimum Gasteiger partial charge on any atom is -0.497 e. The van der Waals surface area contributed by atoms with Crippen molar-refractivity contribution in [2.45, 2.75) is 38.5 Å². The lowest BCUT2D eigenvalue weighted by Gasteiger charge is -2.12. The smallest absolute Gasteiger partial charge is 0.269 e. The first-order chi connectivity index (χ1) is 14.6. The summed E-state index contributed by atoms with van der Waals surface area (Å²) in [6, 6.07) is 7.80. The first kappa shape index (κ1) is 19.3. The first-order valence-corrected chi connectivity index (χ1v) is 11.7. The molecule has 3 heterocycles. The number of thiazole rings is 1. The molecule has 3 aromatic heterocycles. The number of nitrogens with two attached hydrogens (primary N) is 1. The molecule has 1 aliphatic rings. The maximum atomic E-state index is 13.0. The molecule has 30 heavy (non-hydrogen) atoms. The lowest BCUT2D eigenvalue weighted by molar-refractivity contribution is 0.103. The van der Waals surface area contributed by atoms with Crippen molar-refractivity contribution in [1.29, 1.82) is 0 Å². The minimum atomic E-state index is -0.242. The Morgan fingerprint density at radius 2 is 1.93 bits per heavy atom. The molecule has 0 saturated heterocycles. The number of nitrogens with one attached hydrogen (secondary N) is 1. The largest absolute Gasteiger partial charge is 0.497 e. The molecule has 0 atom stereocenters. The van der Waals surface area contributed by atoms with Crippen LogP contribution in [0.25, 0.3) is 20.4 Å². The normalized spacial score (nSPS) is 14.3. The van der Waals surface area contributed by atoms with Gasteiger partial charge in [0.1, 0.15) is 15.5 Å². The van der Waals surface area contributed by atoms with E-state index >= 15 is 0 Å². The Labute approximate surface area is 182 Å².